The van der Waals surface area contributed by atoms with Crippen LogP contribution in [0, 0.1) is 0 Å². The molecule has 0 aliphatic carbocycles. The number of aromatic nitrogens is 3. The second-order valence-electron chi connectivity index (χ2n) is 11.2. The van der Waals surface area contributed by atoms with E-state index in [-0.39, 0.29) is 50.5 Å². The predicted molar refractivity (Wildman–Crippen MR) is 200 cm³/mol. The maximum Gasteiger partial charge on any atom is 0.164 e. The molecule has 0 radical (unpaired) electrons. The predicted octanol–water partition coefficient (Wildman–Crippen LogP) is 11.8. The van der Waals surface area contributed by atoms with E-state index in [1.54, 1.807) is 0 Å². The molecule has 49 heavy (non-hydrogen) atoms. The average Bonchev–Trinajstić information content (AvgIpc) is 3.69. The molecular weight excluding hydrogens is 599 g/mol. The Hall–Kier alpha value is -6.65. The summed E-state index contributed by atoms with van der Waals surface area (Å²) in [4.78, 5) is 14.4. The van der Waals surface area contributed by atoms with Gasteiger partial charge in [-0.2, -0.15) is 0 Å². The zero-order valence-electron chi connectivity index (χ0n) is 36.6. The molecular formula is C45H29N3O. The van der Waals surface area contributed by atoms with Crippen molar-refractivity contribution in [3.63, 3.8) is 0 Å². The molecule has 0 aliphatic heterocycles. The molecule has 0 bridgehead atoms. The lowest BCUT2D eigenvalue weighted by Crippen LogP contribution is -2.00. The minimum Gasteiger partial charge on any atom is -0.456 e. The molecule has 0 fully saturated rings. The summed E-state index contributed by atoms with van der Waals surface area (Å²) in [5, 5.41) is -0.391. The Morgan fingerprint density at radius 1 is 0.388 bits per heavy atom. The number of fused-ring (bicyclic) bond motifs is 3. The Kier molecular flexibility index (Phi) is 4.78. The maximum absolute atomic E-state index is 9.47. The molecule has 4 nitrogen and oxygen atoms in total. The second kappa shape index (κ2) is 12.2. The van der Waals surface area contributed by atoms with Gasteiger partial charge in [-0.05, 0) is 51.5 Å². The van der Waals surface area contributed by atoms with Gasteiger partial charge >= 0.3 is 0 Å². The molecule has 230 valence electrons. The van der Waals surface area contributed by atoms with Gasteiger partial charge in [-0.3, -0.25) is 0 Å². The molecule has 0 N–H and O–H groups in total. The largest absolute Gasteiger partial charge is 0.456 e. The van der Waals surface area contributed by atoms with Crippen molar-refractivity contribution in [3.8, 4) is 67.5 Å². The molecule has 0 spiro atoms. The van der Waals surface area contributed by atoms with E-state index in [1.807, 2.05) is 109 Å². The molecule has 9 rings (SSSR count). The number of rotatable bonds is 6. The van der Waals surface area contributed by atoms with Gasteiger partial charge in [0.1, 0.15) is 11.2 Å². The molecule has 7 aromatic carbocycles. The van der Waals surface area contributed by atoms with E-state index in [0.29, 0.717) is 11.1 Å². The fraction of sp³-hybridized carbons (Fsp3) is 0. The van der Waals surface area contributed by atoms with E-state index < -0.39 is 72.0 Å². The minimum atomic E-state index is -0.686. The van der Waals surface area contributed by atoms with Gasteiger partial charge in [0, 0.05) is 27.5 Å². The highest BCUT2D eigenvalue weighted by Gasteiger charge is 2.17. The summed E-state index contributed by atoms with van der Waals surface area (Å²) >= 11 is 0. The summed E-state index contributed by atoms with van der Waals surface area (Å²) in [6.07, 6.45) is 0. The molecule has 9 aromatic rings. The van der Waals surface area contributed by atoms with Crippen molar-refractivity contribution in [1.29, 1.82) is 0 Å². The summed E-state index contributed by atoms with van der Waals surface area (Å²) in [5.41, 5.74) is 3.57. The number of furan rings is 1. The Morgan fingerprint density at radius 2 is 0.898 bits per heavy atom. The highest BCUT2D eigenvalue weighted by Crippen LogP contribution is 2.38. The quantitative estimate of drug-likeness (QED) is 0.182. The molecule has 4 heteroatoms. The molecule has 2 heterocycles. The Balaban J connectivity index is 1.29. The van der Waals surface area contributed by atoms with Crippen LogP contribution in [0.15, 0.2) is 180 Å². The van der Waals surface area contributed by atoms with Crippen molar-refractivity contribution in [3.05, 3.63) is 176 Å². The van der Waals surface area contributed by atoms with Gasteiger partial charge in [-0.1, -0.05) is 158 Å². The fourth-order valence-electron chi connectivity index (χ4n) is 5.75. The Labute approximate surface area is 299 Å². The first-order valence-electron chi connectivity index (χ1n) is 21.0. The zero-order chi connectivity index (χ0) is 42.1. The number of hydrogen-bond donors (Lipinski definition) is 0. The smallest absolute Gasteiger partial charge is 0.164 e. The zero-order valence-corrected chi connectivity index (χ0v) is 25.6. The first-order valence-corrected chi connectivity index (χ1v) is 15.5. The SMILES string of the molecule is [2H]c1c([2H])c([2H])c(-c2c([2H])c([2H])c([2H])c3oc4c([2H])c(-c5nc(-c6ccc(-c7ccccc7)cc6)nc(-c6ccc(-c7ccccc7)cc6)n5)c([2H])c([2H])c4c23)c([2H])c1[2H]. The van der Waals surface area contributed by atoms with Gasteiger partial charge in [-0.25, -0.2) is 15.0 Å². The average molecular weight is 639 g/mol. The first kappa shape index (κ1) is 19.2. The highest BCUT2D eigenvalue weighted by atomic mass is 16.3. The van der Waals surface area contributed by atoms with Crippen LogP contribution in [0.4, 0.5) is 0 Å². The van der Waals surface area contributed by atoms with Crippen molar-refractivity contribution in [2.45, 2.75) is 0 Å². The van der Waals surface area contributed by atoms with Crippen LogP contribution in [0.25, 0.3) is 89.5 Å². The van der Waals surface area contributed by atoms with Crippen LogP contribution < -0.4 is 0 Å². The lowest BCUT2D eigenvalue weighted by atomic mass is 9.99. The lowest BCUT2D eigenvalue weighted by molar-refractivity contribution is 0.669. The van der Waals surface area contributed by atoms with Crippen molar-refractivity contribution >= 4 is 21.9 Å². The molecule has 0 aliphatic rings. The first-order chi connectivity index (χ1) is 28.8. The van der Waals surface area contributed by atoms with Gasteiger partial charge in [0.15, 0.2) is 17.5 Å². The van der Waals surface area contributed by atoms with Gasteiger partial charge in [0.25, 0.3) is 0 Å². The van der Waals surface area contributed by atoms with Crippen LogP contribution in [0.5, 0.6) is 0 Å². The third-order valence-electron chi connectivity index (χ3n) is 8.18. The summed E-state index contributed by atoms with van der Waals surface area (Å²) < 4.78 is 102. The molecule has 0 unspecified atom stereocenters. The topological polar surface area (TPSA) is 51.8 Å². The van der Waals surface area contributed by atoms with E-state index in [1.165, 1.54) is 0 Å². The van der Waals surface area contributed by atoms with E-state index in [4.69, 9.17) is 30.3 Å². The normalized spacial score (nSPS) is 14.4. The number of benzene rings is 7. The molecule has 0 saturated carbocycles. The minimum absolute atomic E-state index is 0.112. The third-order valence-corrected chi connectivity index (χ3v) is 8.18. The van der Waals surface area contributed by atoms with E-state index >= 15 is 0 Å². The summed E-state index contributed by atoms with van der Waals surface area (Å²) in [5.74, 6) is 0.345. The summed E-state index contributed by atoms with van der Waals surface area (Å²) in [6, 6.07) is 28.2. The molecule has 0 saturated heterocycles. The van der Waals surface area contributed by atoms with Crippen molar-refractivity contribution in [2.24, 2.45) is 0 Å². The summed E-state index contributed by atoms with van der Waals surface area (Å²) in [6.45, 7) is 0. The van der Waals surface area contributed by atoms with Gasteiger partial charge in [0.05, 0.1) is 15.1 Å². The van der Waals surface area contributed by atoms with Crippen LogP contribution in [0.2, 0.25) is 0 Å². The molecule has 0 amide bonds. The monoisotopic (exact) mass is 638 g/mol. The van der Waals surface area contributed by atoms with Gasteiger partial charge < -0.3 is 4.42 Å². The van der Waals surface area contributed by atoms with E-state index in [9.17, 15) is 4.11 Å². The van der Waals surface area contributed by atoms with E-state index in [2.05, 4.69) is 0 Å². The third kappa shape index (κ3) is 5.45. The second-order valence-corrected chi connectivity index (χ2v) is 11.2. The molecule has 0 atom stereocenters. The van der Waals surface area contributed by atoms with Crippen molar-refractivity contribution in [2.75, 3.05) is 0 Å². The van der Waals surface area contributed by atoms with Crippen LogP contribution in [0.1, 0.15) is 15.1 Å². The van der Waals surface area contributed by atoms with Gasteiger partial charge in [0.2, 0.25) is 0 Å². The molecule has 2 aromatic heterocycles. The van der Waals surface area contributed by atoms with Crippen LogP contribution >= 0.6 is 0 Å². The van der Waals surface area contributed by atoms with E-state index in [0.717, 1.165) is 22.3 Å². The number of hydrogen-bond acceptors (Lipinski definition) is 4. The van der Waals surface area contributed by atoms with Crippen LogP contribution in [0.3, 0.4) is 0 Å². The highest BCUT2D eigenvalue weighted by molar-refractivity contribution is 6.13. The summed E-state index contributed by atoms with van der Waals surface area (Å²) in [7, 11) is 0. The number of nitrogens with zero attached hydrogens (tertiary/aromatic N) is 3. The fourth-order valence-corrected chi connectivity index (χ4v) is 5.75. The van der Waals surface area contributed by atoms with Crippen molar-refractivity contribution < 1.29 is 19.5 Å². The van der Waals surface area contributed by atoms with Crippen LogP contribution in [-0.4, -0.2) is 15.0 Å². The van der Waals surface area contributed by atoms with Gasteiger partial charge in [-0.15, -0.1) is 0 Å². The van der Waals surface area contributed by atoms with Crippen molar-refractivity contribution in [1.82, 2.24) is 15.0 Å². The lowest BCUT2D eigenvalue weighted by Gasteiger charge is -2.10. The Bertz CT molecular complexity index is 3060. The Morgan fingerprint density at radius 3 is 1.47 bits per heavy atom. The standard InChI is InChI=1S/C45H29N3O/c1-4-11-30(12-5-1)32-19-23-35(24-20-32)43-46-44(36-25-21-33(22-26-36)31-13-6-2-7-14-31)48-45(47-43)37-27-28-39-41(29-37)49-40-18-10-17-38(42(39)40)34-15-8-3-9-16-34/h1-29H/i3D,8D,9D,10D,15D,16D,17D,18D,27D,28D,29D. The maximum atomic E-state index is 9.47. The van der Waals surface area contributed by atoms with Crippen LogP contribution in [-0.2, 0) is 0 Å².